The maximum absolute atomic E-state index is 12.5. The predicted octanol–water partition coefficient (Wildman–Crippen LogP) is 2.75. The fourth-order valence-corrected chi connectivity index (χ4v) is 3.79. The molecule has 0 unspecified atom stereocenters. The fourth-order valence-electron chi connectivity index (χ4n) is 3.16. The van der Waals surface area contributed by atoms with Gasteiger partial charge in [-0.3, -0.25) is 9.36 Å². The Balaban J connectivity index is 1.63. The van der Waals surface area contributed by atoms with Crippen LogP contribution in [0, 0.1) is 0 Å². The van der Waals surface area contributed by atoms with Crippen LogP contribution >= 0.6 is 0 Å². The minimum Gasteiger partial charge on any atom is -0.490 e. The molecule has 1 aromatic carbocycles. The number of rotatable bonds is 5. The molecule has 9 heteroatoms. The Morgan fingerprint density at radius 2 is 1.77 bits per heavy atom. The lowest BCUT2D eigenvalue weighted by Gasteiger charge is -2.31. The van der Waals surface area contributed by atoms with Crippen LogP contribution in [0.15, 0.2) is 64.6 Å². The topological polar surface area (TPSA) is 94.9 Å². The number of allylic oxidation sites excluding steroid dienone is 1. The van der Waals surface area contributed by atoms with E-state index in [0.29, 0.717) is 43.1 Å². The van der Waals surface area contributed by atoms with Crippen molar-refractivity contribution < 1.29 is 22.7 Å². The minimum absolute atomic E-state index is 0.108. The van der Waals surface area contributed by atoms with Gasteiger partial charge in [0.15, 0.2) is 9.84 Å². The lowest BCUT2D eigenvalue weighted by molar-refractivity contribution is 0.0819. The first-order valence-electron chi connectivity index (χ1n) is 9.45. The van der Waals surface area contributed by atoms with Crippen molar-refractivity contribution in [3.8, 4) is 11.4 Å². The van der Waals surface area contributed by atoms with Crippen molar-refractivity contribution in [3.05, 3.63) is 65.3 Å². The van der Waals surface area contributed by atoms with E-state index in [0.717, 1.165) is 6.26 Å². The summed E-state index contributed by atoms with van der Waals surface area (Å²) in [6.07, 6.45) is 3.46. The van der Waals surface area contributed by atoms with E-state index in [1.165, 1.54) is 22.8 Å². The van der Waals surface area contributed by atoms with Crippen LogP contribution in [-0.4, -0.2) is 49.4 Å². The van der Waals surface area contributed by atoms with E-state index in [2.05, 4.69) is 6.58 Å². The summed E-state index contributed by atoms with van der Waals surface area (Å²) in [5.74, 6) is 0.803. The number of carbonyl (C=O) groups is 1. The quantitative estimate of drug-likeness (QED) is 0.675. The normalized spacial score (nSPS) is 14.9. The van der Waals surface area contributed by atoms with Gasteiger partial charge in [-0.1, -0.05) is 6.58 Å². The number of hydrogen-bond acceptors (Lipinski definition) is 6. The smallest absolute Gasteiger partial charge is 0.414 e. The zero-order chi connectivity index (χ0) is 21.9. The predicted molar refractivity (Wildman–Crippen MR) is 112 cm³/mol. The van der Waals surface area contributed by atoms with Crippen LogP contribution in [0.3, 0.4) is 0 Å². The summed E-state index contributed by atoms with van der Waals surface area (Å²) < 4.78 is 35.5. The third-order valence-corrected chi connectivity index (χ3v) is 5.83. The Hall–Kier alpha value is -3.07. The molecule has 3 rings (SSSR count). The average molecular weight is 432 g/mol. The highest BCUT2D eigenvalue weighted by molar-refractivity contribution is 7.90. The van der Waals surface area contributed by atoms with E-state index in [-0.39, 0.29) is 16.6 Å². The first kappa shape index (κ1) is 21.6. The second-order valence-corrected chi connectivity index (χ2v) is 9.23. The van der Waals surface area contributed by atoms with Gasteiger partial charge in [0.25, 0.3) is 5.56 Å². The van der Waals surface area contributed by atoms with E-state index in [9.17, 15) is 18.0 Å². The van der Waals surface area contributed by atoms with Gasteiger partial charge in [-0.15, -0.1) is 0 Å². The molecular formula is C21H24N2O6S. The molecule has 30 heavy (non-hydrogen) atoms. The molecule has 0 saturated carbocycles. The van der Waals surface area contributed by atoms with Crippen LogP contribution < -0.4 is 10.3 Å². The van der Waals surface area contributed by atoms with Crippen molar-refractivity contribution >= 4 is 15.9 Å². The van der Waals surface area contributed by atoms with Gasteiger partial charge in [0.1, 0.15) is 11.9 Å². The number of benzene rings is 1. The Bertz CT molecular complexity index is 1100. The summed E-state index contributed by atoms with van der Waals surface area (Å²) in [6.45, 7) is 6.18. The van der Waals surface area contributed by atoms with Gasteiger partial charge in [0.2, 0.25) is 0 Å². The Labute approximate surface area is 175 Å². The van der Waals surface area contributed by atoms with Gasteiger partial charge >= 0.3 is 6.09 Å². The van der Waals surface area contributed by atoms with Gasteiger partial charge in [-0.25, -0.2) is 13.2 Å². The Kier molecular flexibility index (Phi) is 6.31. The summed E-state index contributed by atoms with van der Waals surface area (Å²) in [5.41, 5.74) is 0.269. The van der Waals surface area contributed by atoms with E-state index in [4.69, 9.17) is 9.47 Å². The third-order valence-electron chi connectivity index (χ3n) is 4.70. The van der Waals surface area contributed by atoms with Crippen molar-refractivity contribution in [3.63, 3.8) is 0 Å². The lowest BCUT2D eigenvalue weighted by atomic mass is 10.1. The molecule has 0 atom stereocenters. The molecule has 0 N–H and O–H groups in total. The zero-order valence-corrected chi connectivity index (χ0v) is 17.7. The van der Waals surface area contributed by atoms with E-state index in [1.54, 1.807) is 36.2 Å². The molecule has 0 spiro atoms. The largest absolute Gasteiger partial charge is 0.490 e. The molecule has 0 bridgehead atoms. The highest BCUT2D eigenvalue weighted by atomic mass is 32.2. The number of hydrogen-bond donors (Lipinski definition) is 0. The van der Waals surface area contributed by atoms with Crippen molar-refractivity contribution in [1.29, 1.82) is 0 Å². The van der Waals surface area contributed by atoms with Gasteiger partial charge < -0.3 is 14.4 Å². The van der Waals surface area contributed by atoms with Crippen LogP contribution in [0.25, 0.3) is 5.69 Å². The fraction of sp³-hybridized carbons (Fsp3) is 0.333. The summed E-state index contributed by atoms with van der Waals surface area (Å²) in [4.78, 5) is 26.2. The molecular weight excluding hydrogens is 408 g/mol. The number of piperidine rings is 1. The number of sulfone groups is 1. The standard InChI is InChI=1S/C21H24N2O6S/c1-15(2)28-21(25)22-11-8-17(9-12-22)29-18-10-13-23(20(24)14-18)16-4-6-19(7-5-16)30(3,26)27/h4-7,10,13-14,17H,1,8-9,11-12H2,2-3H3. The second-order valence-electron chi connectivity index (χ2n) is 7.21. The summed E-state index contributed by atoms with van der Waals surface area (Å²) in [7, 11) is -3.29. The van der Waals surface area contributed by atoms with Crippen LogP contribution in [0.1, 0.15) is 19.8 Å². The summed E-state index contributed by atoms with van der Waals surface area (Å²) >= 11 is 0. The van der Waals surface area contributed by atoms with Gasteiger partial charge in [-0.2, -0.15) is 0 Å². The molecule has 1 aliphatic rings. The molecule has 0 aliphatic carbocycles. The van der Waals surface area contributed by atoms with E-state index < -0.39 is 15.9 Å². The Morgan fingerprint density at radius 3 is 2.30 bits per heavy atom. The molecule has 2 aromatic rings. The van der Waals surface area contributed by atoms with Crippen LogP contribution in [-0.2, 0) is 14.6 Å². The number of carbonyl (C=O) groups excluding carboxylic acids is 1. The van der Waals surface area contributed by atoms with Crippen LogP contribution in [0.5, 0.6) is 5.75 Å². The number of nitrogens with zero attached hydrogens (tertiary/aromatic N) is 2. The molecule has 8 nitrogen and oxygen atoms in total. The number of amides is 1. The van der Waals surface area contributed by atoms with Crippen LogP contribution in [0.4, 0.5) is 4.79 Å². The maximum atomic E-state index is 12.5. The lowest BCUT2D eigenvalue weighted by Crippen LogP contribution is -2.41. The molecule has 0 radical (unpaired) electrons. The van der Waals surface area contributed by atoms with Gasteiger partial charge in [0.05, 0.1) is 10.7 Å². The van der Waals surface area contributed by atoms with Crippen molar-refractivity contribution in [2.45, 2.75) is 30.8 Å². The molecule has 1 aromatic heterocycles. The maximum Gasteiger partial charge on any atom is 0.414 e. The van der Waals surface area contributed by atoms with E-state index in [1.807, 2.05) is 0 Å². The minimum atomic E-state index is -3.29. The summed E-state index contributed by atoms with van der Waals surface area (Å²) in [6, 6.07) is 9.18. The van der Waals surface area contributed by atoms with Gasteiger partial charge in [0, 0.05) is 50.1 Å². The molecule has 1 saturated heterocycles. The molecule has 1 amide bonds. The molecule has 2 heterocycles. The van der Waals surface area contributed by atoms with Gasteiger partial charge in [-0.05, 0) is 37.3 Å². The van der Waals surface area contributed by atoms with Crippen molar-refractivity contribution in [1.82, 2.24) is 9.47 Å². The zero-order valence-electron chi connectivity index (χ0n) is 16.9. The second kappa shape index (κ2) is 8.74. The van der Waals surface area contributed by atoms with Crippen molar-refractivity contribution in [2.75, 3.05) is 19.3 Å². The van der Waals surface area contributed by atoms with Crippen molar-refractivity contribution in [2.24, 2.45) is 0 Å². The van der Waals surface area contributed by atoms with Crippen LogP contribution in [0.2, 0.25) is 0 Å². The number of pyridine rings is 1. The average Bonchev–Trinajstić information content (AvgIpc) is 2.67. The van der Waals surface area contributed by atoms with E-state index >= 15 is 0 Å². The SMILES string of the molecule is C=C(C)OC(=O)N1CCC(Oc2ccn(-c3ccc(S(C)(=O)=O)cc3)c(=O)c2)CC1. The molecule has 1 fully saturated rings. The highest BCUT2D eigenvalue weighted by Gasteiger charge is 2.25. The molecule has 160 valence electrons. The third kappa shape index (κ3) is 5.29. The Morgan fingerprint density at radius 1 is 1.13 bits per heavy atom. The molecule has 1 aliphatic heterocycles. The highest BCUT2D eigenvalue weighted by Crippen LogP contribution is 2.19. The summed E-state index contributed by atoms with van der Waals surface area (Å²) in [5, 5.41) is 0. The first-order valence-corrected chi connectivity index (χ1v) is 11.3. The number of likely N-dealkylation sites (tertiary alicyclic amines) is 1. The number of aromatic nitrogens is 1. The first-order chi connectivity index (χ1) is 14.1. The monoisotopic (exact) mass is 432 g/mol. The number of ether oxygens (including phenoxy) is 2.